The number of aliphatic carboxylic acids is 1. The maximum Gasteiger partial charge on any atom is 0.319 e. The summed E-state index contributed by atoms with van der Waals surface area (Å²) in [5.74, 6) is -0.519. The fraction of sp³-hybridized carbons (Fsp3) is 0.875. The molecule has 0 bridgehead atoms. The minimum Gasteiger partial charge on any atom is -0.480 e. The fourth-order valence-corrected chi connectivity index (χ4v) is 3.87. The van der Waals surface area contributed by atoms with Crippen molar-refractivity contribution in [3.8, 4) is 0 Å². The molecule has 0 aromatic rings. The molecule has 1 unspecified atom stereocenters. The molecule has 0 aromatic carbocycles. The lowest BCUT2D eigenvalue weighted by Gasteiger charge is -2.39. The number of carboxylic acid groups (broad SMARTS) is 1. The van der Waals surface area contributed by atoms with E-state index in [0.29, 0.717) is 37.9 Å². The molecule has 2 aliphatic heterocycles. The number of hydrogen-bond acceptors (Lipinski definition) is 3. The molecule has 1 atom stereocenters. The maximum absolute atomic E-state index is 12.7. The molecule has 2 saturated heterocycles. The lowest BCUT2D eigenvalue weighted by molar-refractivity contribution is -0.162. The van der Waals surface area contributed by atoms with Crippen LogP contribution < -0.4 is 5.32 Å². The van der Waals surface area contributed by atoms with Crippen LogP contribution in [0.5, 0.6) is 0 Å². The first-order valence-electron chi connectivity index (χ1n) is 8.31. The monoisotopic (exact) mass is 296 g/mol. The highest BCUT2D eigenvalue weighted by molar-refractivity contribution is 6.01. The zero-order valence-electron chi connectivity index (χ0n) is 13.2. The van der Waals surface area contributed by atoms with E-state index in [1.165, 1.54) is 12.8 Å². The molecule has 2 rings (SSSR count). The summed E-state index contributed by atoms with van der Waals surface area (Å²) >= 11 is 0. The molecule has 2 fully saturated rings. The van der Waals surface area contributed by atoms with Gasteiger partial charge in [-0.25, -0.2) is 0 Å². The summed E-state index contributed by atoms with van der Waals surface area (Å²) in [7, 11) is 0. The van der Waals surface area contributed by atoms with Crippen molar-refractivity contribution < 1.29 is 14.7 Å². The van der Waals surface area contributed by atoms with Crippen LogP contribution in [0, 0.1) is 11.3 Å². The normalized spacial score (nSPS) is 24.3. The molecule has 21 heavy (non-hydrogen) atoms. The summed E-state index contributed by atoms with van der Waals surface area (Å²) < 4.78 is 0. The van der Waals surface area contributed by atoms with Gasteiger partial charge in [-0.15, -0.1) is 0 Å². The van der Waals surface area contributed by atoms with E-state index in [1.54, 1.807) is 18.7 Å². The second-order valence-electron chi connectivity index (χ2n) is 6.43. The quantitative estimate of drug-likeness (QED) is 0.760. The summed E-state index contributed by atoms with van der Waals surface area (Å²) in [6, 6.07) is 0.601. The molecule has 0 saturated carbocycles. The number of piperidine rings is 1. The molecule has 120 valence electrons. The minimum absolute atomic E-state index is 0.183. The topological polar surface area (TPSA) is 69.6 Å². The molecule has 0 aliphatic carbocycles. The number of nitrogens with zero attached hydrogens (tertiary/aromatic N) is 1. The van der Waals surface area contributed by atoms with Crippen LogP contribution in [0.4, 0.5) is 0 Å². The number of rotatable bonds is 5. The van der Waals surface area contributed by atoms with Gasteiger partial charge in [0.15, 0.2) is 0 Å². The second kappa shape index (κ2) is 6.77. The first kappa shape index (κ1) is 16.3. The van der Waals surface area contributed by atoms with Crippen molar-refractivity contribution in [3.63, 3.8) is 0 Å². The molecule has 5 heteroatoms. The van der Waals surface area contributed by atoms with Gasteiger partial charge in [-0.1, -0.05) is 13.8 Å². The summed E-state index contributed by atoms with van der Waals surface area (Å²) in [6.07, 6.45) is 5.20. The minimum atomic E-state index is -1.22. The van der Waals surface area contributed by atoms with Crippen LogP contribution in [-0.4, -0.2) is 47.6 Å². The standard InChI is InChI=1S/C16H28N2O3/c1-3-16(4-2,15(20)21)14(19)18-10-7-12(8-11-18)13-6-5-9-17-13/h12-13,17H,3-11H2,1-2H3,(H,20,21). The van der Waals surface area contributed by atoms with Crippen LogP contribution in [0.25, 0.3) is 0 Å². The van der Waals surface area contributed by atoms with Gasteiger partial charge in [0.1, 0.15) is 5.41 Å². The summed E-state index contributed by atoms with van der Waals surface area (Å²) in [4.78, 5) is 26.0. The average molecular weight is 296 g/mol. The Morgan fingerprint density at radius 1 is 1.19 bits per heavy atom. The van der Waals surface area contributed by atoms with E-state index in [9.17, 15) is 14.7 Å². The van der Waals surface area contributed by atoms with Crippen molar-refractivity contribution in [1.29, 1.82) is 0 Å². The maximum atomic E-state index is 12.7. The van der Waals surface area contributed by atoms with E-state index in [4.69, 9.17) is 0 Å². The lowest BCUT2D eigenvalue weighted by atomic mass is 9.79. The molecular formula is C16H28N2O3. The van der Waals surface area contributed by atoms with Crippen LogP contribution in [-0.2, 0) is 9.59 Å². The molecular weight excluding hydrogens is 268 g/mol. The van der Waals surface area contributed by atoms with Gasteiger partial charge in [0.05, 0.1) is 0 Å². The second-order valence-corrected chi connectivity index (χ2v) is 6.43. The van der Waals surface area contributed by atoms with Gasteiger partial charge in [-0.2, -0.15) is 0 Å². The number of nitrogens with one attached hydrogen (secondary N) is 1. The lowest BCUT2D eigenvalue weighted by Crippen LogP contribution is -2.51. The van der Waals surface area contributed by atoms with Crippen LogP contribution in [0.3, 0.4) is 0 Å². The van der Waals surface area contributed by atoms with E-state index in [2.05, 4.69) is 5.32 Å². The number of carbonyl (C=O) groups excluding carboxylic acids is 1. The molecule has 2 N–H and O–H groups in total. The third-order valence-electron chi connectivity index (χ3n) is 5.52. The molecule has 1 amide bonds. The first-order valence-corrected chi connectivity index (χ1v) is 8.31. The van der Waals surface area contributed by atoms with Crippen LogP contribution in [0.2, 0.25) is 0 Å². The van der Waals surface area contributed by atoms with Gasteiger partial charge in [0.2, 0.25) is 5.91 Å². The number of carbonyl (C=O) groups is 2. The van der Waals surface area contributed by atoms with E-state index < -0.39 is 11.4 Å². The van der Waals surface area contributed by atoms with Crippen molar-refractivity contribution in [2.45, 2.75) is 58.4 Å². The Kier molecular flexibility index (Phi) is 5.25. The zero-order chi connectivity index (χ0) is 15.5. The average Bonchev–Trinajstić information content (AvgIpc) is 3.03. The summed E-state index contributed by atoms with van der Waals surface area (Å²) in [5, 5.41) is 13.0. The van der Waals surface area contributed by atoms with Gasteiger partial charge < -0.3 is 15.3 Å². The molecule has 0 spiro atoms. The Morgan fingerprint density at radius 3 is 2.24 bits per heavy atom. The first-order chi connectivity index (χ1) is 10.0. The Balaban J connectivity index is 1.97. The van der Waals surface area contributed by atoms with Crippen LogP contribution in [0.15, 0.2) is 0 Å². The summed E-state index contributed by atoms with van der Waals surface area (Å²) in [6.45, 7) is 6.11. The largest absolute Gasteiger partial charge is 0.480 e. The summed E-state index contributed by atoms with van der Waals surface area (Å²) in [5.41, 5.74) is -1.22. The van der Waals surface area contributed by atoms with Gasteiger partial charge in [-0.05, 0) is 51.0 Å². The van der Waals surface area contributed by atoms with E-state index in [-0.39, 0.29) is 5.91 Å². The van der Waals surface area contributed by atoms with Crippen molar-refractivity contribution in [2.75, 3.05) is 19.6 Å². The molecule has 2 heterocycles. The Bertz CT molecular complexity index is 379. The highest BCUT2D eigenvalue weighted by Gasteiger charge is 2.46. The molecule has 0 radical (unpaired) electrons. The van der Waals surface area contributed by atoms with Gasteiger partial charge >= 0.3 is 5.97 Å². The number of likely N-dealkylation sites (tertiary alicyclic amines) is 1. The SMILES string of the molecule is CCC(CC)(C(=O)O)C(=O)N1CCC(C2CCCN2)CC1. The smallest absolute Gasteiger partial charge is 0.319 e. The third-order valence-corrected chi connectivity index (χ3v) is 5.52. The van der Waals surface area contributed by atoms with Crippen molar-refractivity contribution in [3.05, 3.63) is 0 Å². The zero-order valence-corrected chi connectivity index (χ0v) is 13.2. The highest BCUT2D eigenvalue weighted by atomic mass is 16.4. The molecule has 2 aliphatic rings. The van der Waals surface area contributed by atoms with Gasteiger partial charge in [-0.3, -0.25) is 9.59 Å². The molecule has 5 nitrogen and oxygen atoms in total. The van der Waals surface area contributed by atoms with Gasteiger partial charge in [0.25, 0.3) is 0 Å². The Labute approximate surface area is 127 Å². The van der Waals surface area contributed by atoms with Crippen molar-refractivity contribution in [1.82, 2.24) is 10.2 Å². The Hall–Kier alpha value is -1.10. The Morgan fingerprint density at radius 2 is 1.81 bits per heavy atom. The number of hydrogen-bond donors (Lipinski definition) is 2. The van der Waals surface area contributed by atoms with E-state index >= 15 is 0 Å². The van der Waals surface area contributed by atoms with Crippen LogP contribution >= 0.6 is 0 Å². The van der Waals surface area contributed by atoms with Crippen LogP contribution in [0.1, 0.15) is 52.4 Å². The fourth-order valence-electron chi connectivity index (χ4n) is 3.87. The predicted molar refractivity (Wildman–Crippen MR) is 81.0 cm³/mol. The van der Waals surface area contributed by atoms with E-state index in [1.807, 2.05) is 0 Å². The highest BCUT2D eigenvalue weighted by Crippen LogP contribution is 2.32. The number of amides is 1. The van der Waals surface area contributed by atoms with E-state index in [0.717, 1.165) is 19.4 Å². The van der Waals surface area contributed by atoms with Crippen molar-refractivity contribution in [2.24, 2.45) is 11.3 Å². The third kappa shape index (κ3) is 3.07. The molecule has 0 aromatic heterocycles. The number of carboxylic acids is 1. The van der Waals surface area contributed by atoms with Crippen molar-refractivity contribution >= 4 is 11.9 Å². The van der Waals surface area contributed by atoms with Gasteiger partial charge in [0, 0.05) is 19.1 Å². The predicted octanol–water partition coefficient (Wildman–Crippen LogP) is 1.87.